The summed E-state index contributed by atoms with van der Waals surface area (Å²) in [7, 11) is 1.25. The van der Waals surface area contributed by atoms with E-state index in [4.69, 9.17) is 22.2 Å². The first kappa shape index (κ1) is 25.0. The first-order valence-corrected chi connectivity index (χ1v) is 13.1. The number of carbonyl (C=O) groups excluding carboxylic acids is 3. The lowest BCUT2D eigenvalue weighted by molar-refractivity contribution is -0.693. The van der Waals surface area contributed by atoms with Crippen LogP contribution in [0.15, 0.2) is 47.0 Å². The molecule has 3 N–H and O–H groups in total. The number of aromatic nitrogens is 3. The third kappa shape index (κ3) is 4.30. The highest BCUT2D eigenvalue weighted by molar-refractivity contribution is 8.00. The minimum atomic E-state index is -1.45. The number of aliphatic carboxylic acids is 1. The Bertz CT molecular complexity index is 1510. The van der Waals surface area contributed by atoms with E-state index >= 15 is 0 Å². The zero-order chi connectivity index (χ0) is 26.4. The lowest BCUT2D eigenvalue weighted by Crippen LogP contribution is -2.71. The number of nitrogens with one attached hydrogen (secondary N) is 1. The molecule has 5 heterocycles. The Kier molecular flexibility index (Phi) is 6.56. The molecule has 2 amide bonds. The topological polar surface area (TPSA) is 158 Å². The Hall–Kier alpha value is -3.62. The third-order valence-corrected chi connectivity index (χ3v) is 8.48. The number of pyridine rings is 1. The number of carboxylic acids is 1. The number of imidazole rings is 1. The number of β-lactam (4-membered cyclic amide) rings is 1. The minimum absolute atomic E-state index is 0.0217. The average Bonchev–Trinajstić information content (AvgIpc) is 3.37. The summed E-state index contributed by atoms with van der Waals surface area (Å²) in [6.45, 7) is 2.19. The molecule has 15 heteroatoms. The van der Waals surface area contributed by atoms with Crippen LogP contribution in [0.5, 0.6) is 0 Å². The molecule has 0 radical (unpaired) electrons. The van der Waals surface area contributed by atoms with Gasteiger partial charge in [0.05, 0.1) is 17.9 Å². The van der Waals surface area contributed by atoms with Gasteiger partial charge in [0.15, 0.2) is 16.4 Å². The number of nitrogen functional groups attached to an aromatic ring is 1. The molecule has 0 saturated carbocycles. The van der Waals surface area contributed by atoms with Crippen molar-refractivity contribution in [2.75, 3.05) is 18.6 Å². The van der Waals surface area contributed by atoms with Gasteiger partial charge in [0, 0.05) is 18.2 Å². The van der Waals surface area contributed by atoms with Crippen molar-refractivity contribution in [2.24, 2.45) is 5.16 Å². The highest BCUT2D eigenvalue weighted by Crippen LogP contribution is 2.40. The average molecular weight is 562 g/mol. The number of aryl methyl sites for hydroxylation is 1. The number of halogens is 1. The molecular weight excluding hydrogens is 542 g/mol. The summed E-state index contributed by atoms with van der Waals surface area (Å²) in [4.78, 5) is 48.1. The summed E-state index contributed by atoms with van der Waals surface area (Å²) >= 11 is 8.42. The standard InChI is InChI=1S/C22H20ClN7O5S2/c1-10-28(8-12-5-3-4-6-29(10)12)7-11-9-36-20-15(19(32)30(20)16(11)21(33)34)25-18(31)14(27-35-2)13-17(23)37-22(24)26-13/h3-6,8,15,20H,7,9H2,1-2H3,(H3-,24,25,26,31,33,34)/b27-14-/t15-,20-/m1/s1. The number of oxime groups is 1. The Morgan fingerprint density at radius 3 is 2.86 bits per heavy atom. The molecule has 3 aromatic heterocycles. The Labute approximate surface area is 223 Å². The van der Waals surface area contributed by atoms with Gasteiger partial charge >= 0.3 is 0 Å². The number of thiazole rings is 1. The van der Waals surface area contributed by atoms with Crippen LogP contribution in [0.4, 0.5) is 5.13 Å². The predicted molar refractivity (Wildman–Crippen MR) is 134 cm³/mol. The number of rotatable bonds is 7. The molecule has 0 bridgehead atoms. The van der Waals surface area contributed by atoms with Gasteiger partial charge in [-0.3, -0.25) is 14.5 Å². The molecule has 192 valence electrons. The predicted octanol–water partition coefficient (Wildman–Crippen LogP) is -0.318. The minimum Gasteiger partial charge on any atom is -0.543 e. The van der Waals surface area contributed by atoms with Gasteiger partial charge in [-0.2, -0.15) is 0 Å². The number of hydrogen-bond acceptors (Lipinski definition) is 10. The number of nitrogens with zero attached hydrogens (tertiary/aromatic N) is 5. The van der Waals surface area contributed by atoms with E-state index in [1.165, 1.54) is 18.9 Å². The lowest BCUT2D eigenvalue weighted by atomic mass is 10.0. The number of hydrogen-bond donors (Lipinski definition) is 2. The van der Waals surface area contributed by atoms with E-state index in [-0.39, 0.29) is 33.1 Å². The van der Waals surface area contributed by atoms with Gasteiger partial charge in [-0.05, 0) is 12.1 Å². The van der Waals surface area contributed by atoms with Gasteiger partial charge in [0.2, 0.25) is 0 Å². The Morgan fingerprint density at radius 1 is 1.43 bits per heavy atom. The molecule has 0 unspecified atom stereocenters. The first-order chi connectivity index (χ1) is 17.7. The van der Waals surface area contributed by atoms with Crippen molar-refractivity contribution in [3.63, 3.8) is 0 Å². The number of carbonyl (C=O) groups is 3. The summed E-state index contributed by atoms with van der Waals surface area (Å²) in [6, 6.07) is 4.78. The van der Waals surface area contributed by atoms with E-state index in [2.05, 4.69) is 15.5 Å². The van der Waals surface area contributed by atoms with Crippen LogP contribution >= 0.6 is 34.7 Å². The molecule has 2 aliphatic heterocycles. The van der Waals surface area contributed by atoms with Crippen LogP contribution in [0.1, 0.15) is 11.5 Å². The maximum Gasteiger partial charge on any atom is 0.276 e. The van der Waals surface area contributed by atoms with Crippen molar-refractivity contribution >= 4 is 68.8 Å². The van der Waals surface area contributed by atoms with Crippen molar-refractivity contribution < 1.29 is 28.9 Å². The van der Waals surface area contributed by atoms with Crippen LogP contribution in [-0.2, 0) is 25.8 Å². The SMILES string of the molecule is CO/N=C(\C(=O)N[C@@H]1C(=O)N2C(C(=O)[O-])=C(C[n+]3cc4ccccn4c3C)CS[C@H]12)c1nc(N)sc1Cl. The number of nitrogens with two attached hydrogens (primary N) is 1. The van der Waals surface area contributed by atoms with Crippen LogP contribution in [0.2, 0.25) is 4.34 Å². The van der Waals surface area contributed by atoms with Gasteiger partial charge < -0.3 is 25.8 Å². The molecule has 0 aliphatic carbocycles. The lowest BCUT2D eigenvalue weighted by Gasteiger charge is -2.50. The maximum absolute atomic E-state index is 13.1. The van der Waals surface area contributed by atoms with Gasteiger partial charge in [-0.1, -0.05) is 34.2 Å². The first-order valence-electron chi connectivity index (χ1n) is 10.9. The van der Waals surface area contributed by atoms with Gasteiger partial charge in [0.1, 0.15) is 41.3 Å². The van der Waals surface area contributed by atoms with E-state index in [1.54, 1.807) is 0 Å². The number of thioether (sulfide) groups is 1. The molecule has 5 rings (SSSR count). The second-order valence-corrected chi connectivity index (χ2v) is 10.9. The molecular formula is C22H20ClN7O5S2. The molecule has 1 fully saturated rings. The molecule has 2 atom stereocenters. The zero-order valence-electron chi connectivity index (χ0n) is 19.5. The summed E-state index contributed by atoms with van der Waals surface area (Å²) in [6.07, 6.45) is 3.83. The molecule has 0 spiro atoms. The summed E-state index contributed by atoms with van der Waals surface area (Å²) < 4.78 is 4.05. The van der Waals surface area contributed by atoms with E-state index in [9.17, 15) is 19.5 Å². The molecule has 3 aromatic rings. The summed E-state index contributed by atoms with van der Waals surface area (Å²) in [5.74, 6) is -1.56. The van der Waals surface area contributed by atoms with Gasteiger partial charge in [-0.15, -0.1) is 11.8 Å². The van der Waals surface area contributed by atoms with Crippen molar-refractivity contribution in [3.05, 3.63) is 57.7 Å². The smallest absolute Gasteiger partial charge is 0.276 e. The van der Waals surface area contributed by atoms with Crippen LogP contribution < -0.4 is 20.7 Å². The van der Waals surface area contributed by atoms with E-state index in [0.29, 0.717) is 11.3 Å². The Morgan fingerprint density at radius 2 is 2.22 bits per heavy atom. The number of anilines is 1. The monoisotopic (exact) mass is 561 g/mol. The van der Waals surface area contributed by atoms with Crippen molar-refractivity contribution in [3.8, 4) is 0 Å². The fourth-order valence-corrected chi connectivity index (χ4v) is 6.63. The van der Waals surface area contributed by atoms with E-state index < -0.39 is 29.2 Å². The van der Waals surface area contributed by atoms with Crippen molar-refractivity contribution in [1.29, 1.82) is 0 Å². The van der Waals surface area contributed by atoms with Crippen LogP contribution in [0, 0.1) is 6.92 Å². The molecule has 37 heavy (non-hydrogen) atoms. The fourth-order valence-electron chi connectivity index (χ4n) is 4.36. The third-order valence-electron chi connectivity index (χ3n) is 6.06. The van der Waals surface area contributed by atoms with E-state index in [0.717, 1.165) is 27.6 Å². The second-order valence-electron chi connectivity index (χ2n) is 8.20. The summed E-state index contributed by atoms with van der Waals surface area (Å²) in [5, 5.41) is 17.9. The van der Waals surface area contributed by atoms with Gasteiger partial charge in [-0.25, -0.2) is 14.0 Å². The number of carboxylic acid groups (broad SMARTS) is 1. The zero-order valence-corrected chi connectivity index (χ0v) is 21.9. The number of amides is 2. The molecule has 1 saturated heterocycles. The maximum atomic E-state index is 13.1. The second kappa shape index (κ2) is 9.68. The highest BCUT2D eigenvalue weighted by Gasteiger charge is 2.53. The van der Waals surface area contributed by atoms with Gasteiger partial charge in [0.25, 0.3) is 17.6 Å². The Balaban J connectivity index is 1.38. The van der Waals surface area contributed by atoms with Crippen molar-refractivity contribution in [1.82, 2.24) is 19.6 Å². The van der Waals surface area contributed by atoms with Crippen molar-refractivity contribution in [2.45, 2.75) is 24.9 Å². The van der Waals surface area contributed by atoms with E-state index in [1.807, 2.05) is 46.5 Å². The van der Waals surface area contributed by atoms with Crippen LogP contribution in [0.3, 0.4) is 0 Å². The molecule has 2 aliphatic rings. The van der Waals surface area contributed by atoms with Crippen LogP contribution in [0.25, 0.3) is 5.52 Å². The molecule has 0 aromatic carbocycles. The molecule has 12 nitrogen and oxygen atoms in total. The highest BCUT2D eigenvalue weighted by atomic mass is 35.5. The quantitative estimate of drug-likeness (QED) is 0.172. The fraction of sp³-hybridized carbons (Fsp3) is 0.273. The van der Waals surface area contributed by atoms with Crippen LogP contribution in [-0.4, -0.2) is 62.1 Å². The summed E-state index contributed by atoms with van der Waals surface area (Å²) in [5.41, 5.74) is 6.75. The largest absolute Gasteiger partial charge is 0.543 e. The normalized spacial score (nSPS) is 19.6. The number of fused-ring (bicyclic) bond motifs is 2.